The van der Waals surface area contributed by atoms with Crippen molar-refractivity contribution in [1.29, 1.82) is 0 Å². The number of alkyl carbamates (subject to hydrolysis) is 1. The first-order valence-electron chi connectivity index (χ1n) is 8.48. The van der Waals surface area contributed by atoms with Gasteiger partial charge in [-0.25, -0.2) is 4.79 Å². The summed E-state index contributed by atoms with van der Waals surface area (Å²) in [6.45, 7) is 2.58. The molecule has 2 aliphatic rings. The van der Waals surface area contributed by atoms with Gasteiger partial charge in [-0.05, 0) is 37.2 Å². The molecule has 22 heavy (non-hydrogen) atoms. The summed E-state index contributed by atoms with van der Waals surface area (Å²) in [5, 5.41) is 6.64. The molecule has 4 nitrogen and oxygen atoms in total. The topological polar surface area (TPSA) is 50.4 Å². The maximum absolute atomic E-state index is 11.7. The van der Waals surface area contributed by atoms with Crippen LogP contribution in [0.25, 0.3) is 0 Å². The molecule has 0 aliphatic heterocycles. The lowest BCUT2D eigenvalue weighted by Gasteiger charge is -2.36. The van der Waals surface area contributed by atoms with Crippen molar-refractivity contribution in [2.45, 2.75) is 63.8 Å². The molecule has 2 saturated carbocycles. The quantitative estimate of drug-likeness (QED) is 0.813. The number of hydrogen-bond acceptors (Lipinski definition) is 3. The van der Waals surface area contributed by atoms with Crippen molar-refractivity contribution in [3.8, 4) is 0 Å². The number of hydrogen-bond donors (Lipinski definition) is 2. The second-order valence-electron chi connectivity index (χ2n) is 6.63. The van der Waals surface area contributed by atoms with Crippen LogP contribution in [-0.4, -0.2) is 24.2 Å². The number of ether oxygens (including phenoxy) is 1. The fourth-order valence-electron chi connectivity index (χ4n) is 3.25. The largest absolute Gasteiger partial charge is 0.445 e. The molecule has 0 saturated heterocycles. The normalized spacial score (nSPS) is 29.5. The first kappa shape index (κ1) is 15.3. The van der Waals surface area contributed by atoms with Crippen LogP contribution in [0.15, 0.2) is 30.3 Å². The fourth-order valence-corrected chi connectivity index (χ4v) is 3.25. The van der Waals surface area contributed by atoms with Crippen molar-refractivity contribution in [1.82, 2.24) is 10.6 Å². The van der Waals surface area contributed by atoms with Gasteiger partial charge in [0, 0.05) is 18.1 Å². The van der Waals surface area contributed by atoms with Crippen LogP contribution in [0.2, 0.25) is 0 Å². The summed E-state index contributed by atoms with van der Waals surface area (Å²) in [6, 6.07) is 11.3. The molecule has 0 radical (unpaired) electrons. The van der Waals surface area contributed by atoms with Crippen LogP contribution in [0.3, 0.4) is 0 Å². The van der Waals surface area contributed by atoms with Gasteiger partial charge in [-0.15, -0.1) is 0 Å². The van der Waals surface area contributed by atoms with Crippen molar-refractivity contribution < 1.29 is 9.53 Å². The Morgan fingerprint density at radius 1 is 1.18 bits per heavy atom. The predicted molar refractivity (Wildman–Crippen MR) is 86.5 cm³/mol. The minimum atomic E-state index is -0.303. The maximum Gasteiger partial charge on any atom is 0.407 e. The third-order valence-corrected chi connectivity index (χ3v) is 4.70. The second-order valence-corrected chi connectivity index (χ2v) is 6.63. The van der Waals surface area contributed by atoms with Gasteiger partial charge in [0.25, 0.3) is 0 Å². The van der Waals surface area contributed by atoms with Crippen LogP contribution in [0, 0.1) is 5.92 Å². The highest BCUT2D eigenvalue weighted by Gasteiger charge is 2.40. The number of carbonyl (C=O) groups excluding carboxylic acids is 1. The lowest BCUT2D eigenvalue weighted by molar-refractivity contribution is 0.125. The number of nitrogens with one attached hydrogen (secondary N) is 2. The lowest BCUT2D eigenvalue weighted by atomic mass is 9.87. The number of rotatable bonds is 7. The summed E-state index contributed by atoms with van der Waals surface area (Å²) in [5.41, 5.74) is 1.02. The molecule has 0 bridgehead atoms. The number of benzene rings is 1. The first-order chi connectivity index (χ1) is 10.7. The zero-order valence-corrected chi connectivity index (χ0v) is 13.3. The molecule has 120 valence electrons. The van der Waals surface area contributed by atoms with E-state index in [9.17, 15) is 4.79 Å². The van der Waals surface area contributed by atoms with E-state index >= 15 is 0 Å². The monoisotopic (exact) mass is 302 g/mol. The Bertz CT molecular complexity index is 485. The highest BCUT2D eigenvalue weighted by atomic mass is 16.5. The Morgan fingerprint density at radius 2 is 1.95 bits per heavy atom. The highest BCUT2D eigenvalue weighted by molar-refractivity contribution is 5.67. The van der Waals surface area contributed by atoms with Crippen molar-refractivity contribution in [2.75, 3.05) is 0 Å². The Balaban J connectivity index is 1.27. The number of carbonyl (C=O) groups is 1. The third kappa shape index (κ3) is 4.23. The predicted octanol–water partition coefficient (Wildman–Crippen LogP) is 3.22. The van der Waals surface area contributed by atoms with Gasteiger partial charge in [0.15, 0.2) is 0 Å². The summed E-state index contributed by atoms with van der Waals surface area (Å²) in [4.78, 5) is 11.7. The maximum atomic E-state index is 11.7. The van der Waals surface area contributed by atoms with E-state index in [0.29, 0.717) is 12.6 Å². The SMILES string of the molecule is CCCC1CC1NC1CC(NC(=O)OCc2ccccc2)C1. The Kier molecular flexibility index (Phi) is 4.98. The zero-order valence-electron chi connectivity index (χ0n) is 13.3. The van der Waals surface area contributed by atoms with Crippen LogP contribution in [-0.2, 0) is 11.3 Å². The van der Waals surface area contributed by atoms with E-state index in [0.717, 1.165) is 30.4 Å². The van der Waals surface area contributed by atoms with E-state index in [4.69, 9.17) is 4.74 Å². The molecule has 2 unspecified atom stereocenters. The van der Waals surface area contributed by atoms with Crippen molar-refractivity contribution >= 4 is 6.09 Å². The van der Waals surface area contributed by atoms with Crippen molar-refractivity contribution in [3.05, 3.63) is 35.9 Å². The van der Waals surface area contributed by atoms with Crippen LogP contribution in [0.5, 0.6) is 0 Å². The van der Waals surface area contributed by atoms with E-state index in [2.05, 4.69) is 17.6 Å². The second kappa shape index (κ2) is 7.14. The van der Waals surface area contributed by atoms with Crippen molar-refractivity contribution in [2.24, 2.45) is 5.92 Å². The third-order valence-electron chi connectivity index (χ3n) is 4.70. The standard InChI is InChI=1S/C18H26N2O2/c1-2-6-14-9-17(14)19-15-10-16(11-15)20-18(21)22-12-13-7-4-3-5-8-13/h3-5,7-8,14-17,19H,2,6,9-12H2,1H3,(H,20,21). The van der Waals surface area contributed by atoms with Crippen LogP contribution in [0.4, 0.5) is 4.79 Å². The van der Waals surface area contributed by atoms with Crippen molar-refractivity contribution in [3.63, 3.8) is 0 Å². The van der Waals surface area contributed by atoms with Crippen LogP contribution in [0.1, 0.15) is 44.6 Å². The summed E-state index contributed by atoms with van der Waals surface area (Å²) < 4.78 is 5.24. The van der Waals surface area contributed by atoms with E-state index in [1.54, 1.807) is 0 Å². The molecule has 2 N–H and O–H groups in total. The summed E-state index contributed by atoms with van der Waals surface area (Å²) in [7, 11) is 0. The van der Waals surface area contributed by atoms with Gasteiger partial charge in [-0.1, -0.05) is 43.7 Å². The van der Waals surface area contributed by atoms with E-state index in [1.165, 1.54) is 19.3 Å². The summed E-state index contributed by atoms with van der Waals surface area (Å²) >= 11 is 0. The van der Waals surface area contributed by atoms with Crippen LogP contribution >= 0.6 is 0 Å². The molecule has 0 heterocycles. The molecular weight excluding hydrogens is 276 g/mol. The minimum absolute atomic E-state index is 0.268. The van der Waals surface area contributed by atoms with E-state index in [1.807, 2.05) is 30.3 Å². The van der Waals surface area contributed by atoms with Gasteiger partial charge in [0.05, 0.1) is 0 Å². The molecule has 1 aromatic rings. The van der Waals surface area contributed by atoms with Gasteiger partial charge < -0.3 is 15.4 Å². The molecule has 4 heteroatoms. The van der Waals surface area contributed by atoms with E-state index < -0.39 is 0 Å². The molecular formula is C18H26N2O2. The smallest absolute Gasteiger partial charge is 0.407 e. The van der Waals surface area contributed by atoms with Gasteiger partial charge in [0.1, 0.15) is 6.61 Å². The molecule has 2 fully saturated rings. The highest BCUT2D eigenvalue weighted by Crippen LogP contribution is 2.36. The first-order valence-corrected chi connectivity index (χ1v) is 8.48. The lowest BCUT2D eigenvalue weighted by Crippen LogP contribution is -2.53. The minimum Gasteiger partial charge on any atom is -0.445 e. The van der Waals surface area contributed by atoms with Crippen LogP contribution < -0.4 is 10.6 Å². The Morgan fingerprint density at radius 3 is 2.68 bits per heavy atom. The van der Waals surface area contributed by atoms with Gasteiger partial charge in [-0.2, -0.15) is 0 Å². The van der Waals surface area contributed by atoms with Gasteiger partial charge in [-0.3, -0.25) is 0 Å². The molecule has 3 rings (SSSR count). The average molecular weight is 302 g/mol. The Hall–Kier alpha value is -1.55. The zero-order chi connectivity index (χ0) is 15.4. The molecule has 2 atom stereocenters. The molecule has 1 amide bonds. The van der Waals surface area contributed by atoms with Gasteiger partial charge in [0.2, 0.25) is 0 Å². The van der Waals surface area contributed by atoms with E-state index in [-0.39, 0.29) is 12.1 Å². The fraction of sp³-hybridized carbons (Fsp3) is 0.611. The molecule has 1 aromatic carbocycles. The van der Waals surface area contributed by atoms with Gasteiger partial charge >= 0.3 is 6.09 Å². The number of amides is 1. The average Bonchev–Trinajstić information content (AvgIpc) is 3.22. The molecule has 0 aromatic heterocycles. The molecule has 2 aliphatic carbocycles. The Labute approximate surface area is 132 Å². The summed E-state index contributed by atoms with van der Waals surface area (Å²) in [6.07, 6.45) is 5.71. The summed E-state index contributed by atoms with van der Waals surface area (Å²) in [5.74, 6) is 0.896. The molecule has 0 spiro atoms.